The van der Waals surface area contributed by atoms with Gasteiger partial charge in [0.05, 0.1) is 11.0 Å². The number of hydrogen-bond donors (Lipinski definition) is 0. The molecule has 2 aromatic carbocycles. The van der Waals surface area contributed by atoms with E-state index in [0.717, 1.165) is 11.7 Å². The van der Waals surface area contributed by atoms with Crippen LogP contribution in [0.5, 0.6) is 0 Å². The quantitative estimate of drug-likeness (QED) is 0.643. The SMILES string of the molecule is CS(=O)(=O)/C=C(\OC(=O)c1ccccc1)c1ccccc1. The first-order valence-electron chi connectivity index (χ1n) is 6.20. The lowest BCUT2D eigenvalue weighted by Crippen LogP contribution is -2.06. The average Bonchev–Trinajstić information content (AvgIpc) is 2.47. The van der Waals surface area contributed by atoms with Crippen LogP contribution in [0.2, 0.25) is 0 Å². The molecule has 2 rings (SSSR count). The minimum Gasteiger partial charge on any atom is -0.422 e. The number of rotatable bonds is 4. The van der Waals surface area contributed by atoms with Gasteiger partial charge in [0.15, 0.2) is 9.84 Å². The Kier molecular flexibility index (Phi) is 4.55. The van der Waals surface area contributed by atoms with Gasteiger partial charge in [-0.2, -0.15) is 0 Å². The third-order valence-corrected chi connectivity index (χ3v) is 3.23. The van der Waals surface area contributed by atoms with Crippen molar-refractivity contribution in [3.63, 3.8) is 0 Å². The number of ether oxygens (including phenoxy) is 1. The molecule has 0 aromatic heterocycles. The Hall–Kier alpha value is -2.40. The van der Waals surface area contributed by atoms with Crippen LogP contribution in [0.4, 0.5) is 0 Å². The summed E-state index contributed by atoms with van der Waals surface area (Å²) in [7, 11) is -3.44. The molecular weight excluding hydrogens is 288 g/mol. The Morgan fingerprint density at radius 1 is 0.905 bits per heavy atom. The second-order valence-electron chi connectivity index (χ2n) is 4.43. The summed E-state index contributed by atoms with van der Waals surface area (Å²) in [6.45, 7) is 0. The van der Waals surface area contributed by atoms with Crippen molar-refractivity contribution in [2.75, 3.05) is 6.26 Å². The lowest BCUT2D eigenvalue weighted by atomic mass is 10.2. The molecule has 0 spiro atoms. The second-order valence-corrected chi connectivity index (χ2v) is 6.33. The molecule has 0 heterocycles. The first-order chi connectivity index (χ1) is 9.96. The smallest absolute Gasteiger partial charge is 0.343 e. The summed E-state index contributed by atoms with van der Waals surface area (Å²) >= 11 is 0. The van der Waals surface area contributed by atoms with Gasteiger partial charge in [-0.3, -0.25) is 0 Å². The van der Waals surface area contributed by atoms with Crippen LogP contribution in [0, 0.1) is 0 Å². The van der Waals surface area contributed by atoms with Gasteiger partial charge in [0.1, 0.15) is 5.76 Å². The largest absolute Gasteiger partial charge is 0.422 e. The molecule has 0 unspecified atom stereocenters. The highest BCUT2D eigenvalue weighted by Gasteiger charge is 2.13. The molecule has 0 saturated carbocycles. The first kappa shape index (κ1) is 15.0. The summed E-state index contributed by atoms with van der Waals surface area (Å²) in [5.74, 6) is -0.596. The number of carbonyl (C=O) groups is 1. The highest BCUT2D eigenvalue weighted by atomic mass is 32.2. The molecule has 0 aliphatic heterocycles. The van der Waals surface area contributed by atoms with Gasteiger partial charge in [0.2, 0.25) is 0 Å². The highest BCUT2D eigenvalue weighted by Crippen LogP contribution is 2.19. The monoisotopic (exact) mass is 302 g/mol. The van der Waals surface area contributed by atoms with E-state index in [4.69, 9.17) is 4.74 Å². The molecule has 108 valence electrons. The van der Waals surface area contributed by atoms with Crippen LogP contribution >= 0.6 is 0 Å². The van der Waals surface area contributed by atoms with Crippen molar-refractivity contribution < 1.29 is 17.9 Å². The Labute approximate surface area is 123 Å². The zero-order valence-electron chi connectivity index (χ0n) is 11.4. The minimum absolute atomic E-state index is 0.00644. The lowest BCUT2D eigenvalue weighted by Gasteiger charge is -2.08. The third-order valence-electron chi connectivity index (χ3n) is 2.59. The normalized spacial score (nSPS) is 12.0. The molecule has 21 heavy (non-hydrogen) atoms. The maximum atomic E-state index is 12.1. The van der Waals surface area contributed by atoms with Crippen molar-refractivity contribution in [2.45, 2.75) is 0 Å². The predicted molar refractivity (Wildman–Crippen MR) is 81.1 cm³/mol. The van der Waals surface area contributed by atoms with E-state index in [0.29, 0.717) is 11.1 Å². The van der Waals surface area contributed by atoms with Gasteiger partial charge in [-0.1, -0.05) is 48.5 Å². The standard InChI is InChI=1S/C16H14O4S/c1-21(18,19)12-15(13-8-4-2-5-9-13)20-16(17)14-10-6-3-7-11-14/h2-12H,1H3/b15-12-. The van der Waals surface area contributed by atoms with Crippen LogP contribution in [0.15, 0.2) is 66.1 Å². The van der Waals surface area contributed by atoms with Gasteiger partial charge >= 0.3 is 5.97 Å². The van der Waals surface area contributed by atoms with E-state index in [2.05, 4.69) is 0 Å². The van der Waals surface area contributed by atoms with Crippen molar-refractivity contribution in [2.24, 2.45) is 0 Å². The van der Waals surface area contributed by atoms with Crippen molar-refractivity contribution >= 4 is 21.6 Å². The molecule has 0 saturated heterocycles. The minimum atomic E-state index is -3.44. The molecule has 0 aliphatic carbocycles. The van der Waals surface area contributed by atoms with Gasteiger partial charge in [0, 0.05) is 11.8 Å². The number of carbonyl (C=O) groups excluding carboxylic acids is 1. The summed E-state index contributed by atoms with van der Waals surface area (Å²) in [5, 5.41) is 0.948. The van der Waals surface area contributed by atoms with Crippen molar-refractivity contribution in [1.82, 2.24) is 0 Å². The number of benzene rings is 2. The zero-order valence-corrected chi connectivity index (χ0v) is 12.2. The molecule has 0 radical (unpaired) electrons. The van der Waals surface area contributed by atoms with E-state index in [9.17, 15) is 13.2 Å². The number of esters is 1. The molecule has 5 heteroatoms. The second kappa shape index (κ2) is 6.37. The van der Waals surface area contributed by atoms with Crippen LogP contribution in [0.1, 0.15) is 15.9 Å². The first-order valence-corrected chi connectivity index (χ1v) is 8.15. The van der Waals surface area contributed by atoms with E-state index in [1.165, 1.54) is 0 Å². The van der Waals surface area contributed by atoms with Crippen LogP contribution in [0.25, 0.3) is 5.76 Å². The number of hydrogen-bond acceptors (Lipinski definition) is 4. The van der Waals surface area contributed by atoms with Gasteiger partial charge in [-0.05, 0) is 12.1 Å². The van der Waals surface area contributed by atoms with Crippen LogP contribution in [0.3, 0.4) is 0 Å². The fourth-order valence-corrected chi connectivity index (χ4v) is 2.25. The van der Waals surface area contributed by atoms with E-state index >= 15 is 0 Å². The molecule has 0 aliphatic rings. The van der Waals surface area contributed by atoms with Crippen LogP contribution < -0.4 is 0 Å². The molecule has 0 atom stereocenters. The Morgan fingerprint density at radius 3 is 1.86 bits per heavy atom. The van der Waals surface area contributed by atoms with E-state index in [1.54, 1.807) is 60.7 Å². The van der Waals surface area contributed by atoms with Crippen molar-refractivity contribution in [3.8, 4) is 0 Å². The summed E-state index contributed by atoms with van der Waals surface area (Å²) in [4.78, 5) is 12.1. The van der Waals surface area contributed by atoms with Crippen molar-refractivity contribution in [3.05, 3.63) is 77.2 Å². The van der Waals surface area contributed by atoms with Gasteiger partial charge in [-0.15, -0.1) is 0 Å². The fraction of sp³-hybridized carbons (Fsp3) is 0.0625. The topological polar surface area (TPSA) is 60.4 Å². The average molecular weight is 302 g/mol. The summed E-state index contributed by atoms with van der Waals surface area (Å²) in [6.07, 6.45) is 1.05. The molecule has 0 amide bonds. The third kappa shape index (κ3) is 4.57. The summed E-state index contributed by atoms with van der Waals surface area (Å²) < 4.78 is 28.2. The molecule has 4 nitrogen and oxygen atoms in total. The Morgan fingerprint density at radius 2 is 1.38 bits per heavy atom. The van der Waals surface area contributed by atoms with E-state index in [-0.39, 0.29) is 5.76 Å². The highest BCUT2D eigenvalue weighted by molar-refractivity contribution is 7.93. The summed E-state index contributed by atoms with van der Waals surface area (Å²) in [5.41, 5.74) is 0.875. The van der Waals surface area contributed by atoms with Crippen molar-refractivity contribution in [1.29, 1.82) is 0 Å². The maximum absolute atomic E-state index is 12.1. The molecular formula is C16H14O4S. The number of sulfone groups is 1. The summed E-state index contributed by atoms with van der Waals surface area (Å²) in [6, 6.07) is 17.0. The molecule has 2 aromatic rings. The molecule has 0 bridgehead atoms. The fourth-order valence-electron chi connectivity index (χ4n) is 1.68. The van der Waals surface area contributed by atoms with E-state index < -0.39 is 15.8 Å². The zero-order chi connectivity index (χ0) is 15.3. The van der Waals surface area contributed by atoms with Gasteiger partial charge in [0.25, 0.3) is 0 Å². The Bertz CT molecular complexity index is 747. The maximum Gasteiger partial charge on any atom is 0.343 e. The van der Waals surface area contributed by atoms with E-state index in [1.807, 2.05) is 0 Å². The Balaban J connectivity index is 2.34. The molecule has 0 fully saturated rings. The van der Waals surface area contributed by atoms with Crippen LogP contribution in [-0.2, 0) is 14.6 Å². The molecule has 0 N–H and O–H groups in total. The van der Waals surface area contributed by atoms with Crippen LogP contribution in [-0.4, -0.2) is 20.6 Å². The van der Waals surface area contributed by atoms with Gasteiger partial charge in [-0.25, -0.2) is 13.2 Å². The lowest BCUT2D eigenvalue weighted by molar-refractivity contribution is 0.0692. The predicted octanol–water partition coefficient (Wildman–Crippen LogP) is 2.89. The van der Waals surface area contributed by atoms with Gasteiger partial charge < -0.3 is 4.74 Å².